The number of rotatable bonds is 3. The summed E-state index contributed by atoms with van der Waals surface area (Å²) in [6.45, 7) is 7.36. The van der Waals surface area contributed by atoms with Crippen LogP contribution in [0.15, 0.2) is 28.7 Å². The summed E-state index contributed by atoms with van der Waals surface area (Å²) < 4.78 is 1.12. The molecule has 0 spiro atoms. The highest BCUT2D eigenvalue weighted by molar-refractivity contribution is 9.10. The van der Waals surface area contributed by atoms with Crippen molar-refractivity contribution >= 4 is 15.9 Å². The predicted molar refractivity (Wildman–Crippen MR) is 88.8 cm³/mol. The maximum atomic E-state index is 9.94. The number of aliphatic hydroxyl groups is 1. The molecule has 2 heteroatoms. The van der Waals surface area contributed by atoms with E-state index in [1.165, 1.54) is 18.4 Å². The van der Waals surface area contributed by atoms with E-state index in [1.807, 2.05) is 0 Å². The van der Waals surface area contributed by atoms with E-state index in [0.717, 1.165) is 29.7 Å². The van der Waals surface area contributed by atoms with E-state index in [2.05, 4.69) is 61.0 Å². The standard InChI is InChI=1S/C18H27BrO/c1-17(2,3)15-8-10-18(13-20,11-9-15)12-14-4-6-16(19)7-5-14/h4-7,15,20H,8-13H2,1-3H3. The average molecular weight is 339 g/mol. The van der Waals surface area contributed by atoms with E-state index in [-0.39, 0.29) is 5.41 Å². The Bertz CT molecular complexity index is 422. The molecule has 2 rings (SSSR count). The summed E-state index contributed by atoms with van der Waals surface area (Å²) in [5.41, 5.74) is 1.85. The van der Waals surface area contributed by atoms with Gasteiger partial charge in [0.05, 0.1) is 0 Å². The SMILES string of the molecule is CC(C)(C)C1CCC(CO)(Cc2ccc(Br)cc2)CC1. The van der Waals surface area contributed by atoms with Crippen LogP contribution in [0.25, 0.3) is 0 Å². The molecule has 1 N–H and O–H groups in total. The molecule has 0 aliphatic heterocycles. The van der Waals surface area contributed by atoms with Gasteiger partial charge in [-0.25, -0.2) is 0 Å². The fourth-order valence-electron chi connectivity index (χ4n) is 3.52. The Morgan fingerprint density at radius 1 is 1.15 bits per heavy atom. The summed E-state index contributed by atoms with van der Waals surface area (Å²) in [6.07, 6.45) is 5.82. The van der Waals surface area contributed by atoms with Gasteiger partial charge >= 0.3 is 0 Å². The van der Waals surface area contributed by atoms with Crippen LogP contribution in [0.2, 0.25) is 0 Å². The van der Waals surface area contributed by atoms with Crippen molar-refractivity contribution in [3.63, 3.8) is 0 Å². The largest absolute Gasteiger partial charge is 0.396 e. The predicted octanol–water partition coefficient (Wildman–Crippen LogP) is 5.21. The lowest BCUT2D eigenvalue weighted by Crippen LogP contribution is -2.36. The first-order valence-corrected chi connectivity index (χ1v) is 8.49. The van der Waals surface area contributed by atoms with Gasteiger partial charge in [-0.1, -0.05) is 48.8 Å². The molecule has 1 nitrogen and oxygen atoms in total. The van der Waals surface area contributed by atoms with Gasteiger partial charge in [-0.05, 0) is 66.5 Å². The molecule has 0 unspecified atom stereocenters. The molecule has 1 saturated carbocycles. The van der Waals surface area contributed by atoms with Gasteiger partial charge in [0.25, 0.3) is 0 Å². The quantitative estimate of drug-likeness (QED) is 0.802. The van der Waals surface area contributed by atoms with Crippen molar-refractivity contribution in [2.24, 2.45) is 16.7 Å². The Hall–Kier alpha value is -0.340. The van der Waals surface area contributed by atoms with Gasteiger partial charge in [0.1, 0.15) is 0 Å². The van der Waals surface area contributed by atoms with Crippen LogP contribution in [0, 0.1) is 16.7 Å². The number of hydrogen-bond donors (Lipinski definition) is 1. The summed E-state index contributed by atoms with van der Waals surface area (Å²) >= 11 is 3.48. The second kappa shape index (κ2) is 6.19. The molecule has 0 heterocycles. The lowest BCUT2D eigenvalue weighted by atomic mass is 9.62. The molecule has 0 radical (unpaired) electrons. The van der Waals surface area contributed by atoms with Gasteiger partial charge in [-0.15, -0.1) is 0 Å². The molecule has 0 bridgehead atoms. The van der Waals surface area contributed by atoms with Crippen LogP contribution < -0.4 is 0 Å². The molecule has 1 aliphatic carbocycles. The van der Waals surface area contributed by atoms with Gasteiger partial charge in [-0.2, -0.15) is 0 Å². The number of benzene rings is 1. The van der Waals surface area contributed by atoms with Crippen molar-refractivity contribution in [3.05, 3.63) is 34.3 Å². The van der Waals surface area contributed by atoms with Crippen molar-refractivity contribution in [3.8, 4) is 0 Å². The first kappa shape index (κ1) is 16.0. The zero-order valence-corrected chi connectivity index (χ0v) is 14.5. The molecule has 1 aromatic rings. The highest BCUT2D eigenvalue weighted by atomic mass is 79.9. The molecule has 0 amide bonds. The summed E-state index contributed by atoms with van der Waals surface area (Å²) in [7, 11) is 0. The maximum Gasteiger partial charge on any atom is 0.0490 e. The average Bonchev–Trinajstić information content (AvgIpc) is 2.41. The molecule has 0 atom stereocenters. The smallest absolute Gasteiger partial charge is 0.0490 e. The minimum Gasteiger partial charge on any atom is -0.396 e. The van der Waals surface area contributed by atoms with E-state index in [0.29, 0.717) is 12.0 Å². The molecule has 1 aliphatic rings. The zero-order valence-electron chi connectivity index (χ0n) is 13.0. The van der Waals surface area contributed by atoms with E-state index in [4.69, 9.17) is 0 Å². The Labute approximate surface area is 131 Å². The first-order chi connectivity index (χ1) is 9.35. The minimum absolute atomic E-state index is 0.107. The summed E-state index contributed by atoms with van der Waals surface area (Å²) in [5, 5.41) is 9.94. The molecule has 1 fully saturated rings. The van der Waals surface area contributed by atoms with Gasteiger partial charge in [0, 0.05) is 11.1 Å². The van der Waals surface area contributed by atoms with E-state index in [1.54, 1.807) is 0 Å². The molecule has 1 aromatic carbocycles. The van der Waals surface area contributed by atoms with E-state index in [9.17, 15) is 5.11 Å². The number of halogens is 1. The van der Waals surface area contributed by atoms with E-state index < -0.39 is 0 Å². The second-order valence-corrected chi connectivity index (χ2v) is 8.52. The lowest BCUT2D eigenvalue weighted by molar-refractivity contribution is 0.0369. The van der Waals surface area contributed by atoms with Crippen molar-refractivity contribution in [2.45, 2.75) is 52.9 Å². The van der Waals surface area contributed by atoms with Crippen LogP contribution in [0.1, 0.15) is 52.0 Å². The fourth-order valence-corrected chi connectivity index (χ4v) is 3.79. The molecule has 0 aromatic heterocycles. The minimum atomic E-state index is 0.107. The van der Waals surface area contributed by atoms with Crippen LogP contribution in [-0.4, -0.2) is 11.7 Å². The Balaban J connectivity index is 2.03. The summed E-state index contributed by atoms with van der Waals surface area (Å²) in [5.74, 6) is 0.798. The van der Waals surface area contributed by atoms with Crippen molar-refractivity contribution in [1.29, 1.82) is 0 Å². The summed E-state index contributed by atoms with van der Waals surface area (Å²) in [6, 6.07) is 8.55. The van der Waals surface area contributed by atoms with Crippen LogP contribution >= 0.6 is 15.9 Å². The normalized spacial score (nSPS) is 27.6. The topological polar surface area (TPSA) is 20.2 Å². The van der Waals surface area contributed by atoms with Crippen LogP contribution in [0.3, 0.4) is 0 Å². The van der Waals surface area contributed by atoms with Crippen molar-refractivity contribution in [2.75, 3.05) is 6.61 Å². The molecule has 112 valence electrons. The van der Waals surface area contributed by atoms with Gasteiger partial charge < -0.3 is 5.11 Å². The lowest BCUT2D eigenvalue weighted by Gasteiger charge is -2.43. The monoisotopic (exact) mass is 338 g/mol. The maximum absolute atomic E-state index is 9.94. The van der Waals surface area contributed by atoms with Crippen molar-refractivity contribution < 1.29 is 5.11 Å². The molecule has 20 heavy (non-hydrogen) atoms. The molecular weight excluding hydrogens is 312 g/mol. The third-order valence-electron chi connectivity index (χ3n) is 5.10. The van der Waals surface area contributed by atoms with Crippen LogP contribution in [0.4, 0.5) is 0 Å². The van der Waals surface area contributed by atoms with Crippen molar-refractivity contribution in [1.82, 2.24) is 0 Å². The number of hydrogen-bond acceptors (Lipinski definition) is 1. The highest BCUT2D eigenvalue weighted by Crippen LogP contribution is 2.46. The first-order valence-electron chi connectivity index (χ1n) is 7.70. The van der Waals surface area contributed by atoms with Gasteiger partial charge in [-0.3, -0.25) is 0 Å². The number of aliphatic hydroxyl groups excluding tert-OH is 1. The van der Waals surface area contributed by atoms with Crippen LogP contribution in [-0.2, 0) is 6.42 Å². The molecular formula is C18H27BrO. The Kier molecular flexibility index (Phi) is 4.96. The van der Waals surface area contributed by atoms with Gasteiger partial charge in [0.15, 0.2) is 0 Å². The third kappa shape index (κ3) is 3.85. The third-order valence-corrected chi connectivity index (χ3v) is 5.63. The summed E-state index contributed by atoms with van der Waals surface area (Å²) in [4.78, 5) is 0. The second-order valence-electron chi connectivity index (χ2n) is 7.60. The molecule has 0 saturated heterocycles. The van der Waals surface area contributed by atoms with Crippen LogP contribution in [0.5, 0.6) is 0 Å². The van der Waals surface area contributed by atoms with E-state index >= 15 is 0 Å². The highest BCUT2D eigenvalue weighted by Gasteiger charge is 2.38. The van der Waals surface area contributed by atoms with Gasteiger partial charge in [0.2, 0.25) is 0 Å². The Morgan fingerprint density at radius 2 is 1.70 bits per heavy atom. The zero-order chi connectivity index (χ0) is 14.8. The fraction of sp³-hybridized carbons (Fsp3) is 0.667. The Morgan fingerprint density at radius 3 is 2.15 bits per heavy atom.